The number of hydrogen-bond acceptors (Lipinski definition) is 5. The maximum atomic E-state index is 6.00. The quantitative estimate of drug-likeness (QED) is 0.840. The van der Waals surface area contributed by atoms with Gasteiger partial charge in [0, 0.05) is 26.2 Å². The van der Waals surface area contributed by atoms with Gasteiger partial charge in [-0.1, -0.05) is 0 Å². The van der Waals surface area contributed by atoms with Gasteiger partial charge in [-0.2, -0.15) is 5.10 Å². The highest BCUT2D eigenvalue weighted by molar-refractivity contribution is 5.34. The standard InChI is InChI=1S/C13H24N4O2/c1-9-12(13(18-4)17(3)15-9)11(7-14)16(2)10-5-6-19-8-10/h10-11H,5-8,14H2,1-4H3. The molecule has 0 bridgehead atoms. The zero-order valence-corrected chi connectivity index (χ0v) is 12.2. The molecular weight excluding hydrogens is 244 g/mol. The zero-order chi connectivity index (χ0) is 14.0. The first-order chi connectivity index (χ1) is 9.10. The van der Waals surface area contributed by atoms with Crippen LogP contribution in [0.1, 0.15) is 23.7 Å². The number of aryl methyl sites for hydroxylation is 2. The Hall–Kier alpha value is -1.11. The number of aromatic nitrogens is 2. The fraction of sp³-hybridized carbons (Fsp3) is 0.769. The average molecular weight is 268 g/mol. The fourth-order valence-electron chi connectivity index (χ4n) is 2.86. The van der Waals surface area contributed by atoms with E-state index in [0.29, 0.717) is 12.6 Å². The van der Waals surface area contributed by atoms with Crippen LogP contribution in [0.2, 0.25) is 0 Å². The Bertz CT molecular complexity index is 427. The molecule has 0 radical (unpaired) electrons. The van der Waals surface area contributed by atoms with Crippen LogP contribution < -0.4 is 10.5 Å². The van der Waals surface area contributed by atoms with E-state index in [-0.39, 0.29) is 6.04 Å². The maximum Gasteiger partial charge on any atom is 0.216 e. The van der Waals surface area contributed by atoms with Gasteiger partial charge in [-0.25, -0.2) is 4.68 Å². The molecule has 0 aromatic carbocycles. The van der Waals surface area contributed by atoms with E-state index in [0.717, 1.165) is 36.8 Å². The summed E-state index contributed by atoms with van der Waals surface area (Å²) in [6.07, 6.45) is 1.05. The van der Waals surface area contributed by atoms with Crippen molar-refractivity contribution in [3.05, 3.63) is 11.3 Å². The minimum Gasteiger partial charge on any atom is -0.481 e. The van der Waals surface area contributed by atoms with Crippen molar-refractivity contribution >= 4 is 0 Å². The van der Waals surface area contributed by atoms with Crippen LogP contribution in [0.5, 0.6) is 5.88 Å². The molecule has 0 spiro atoms. The predicted molar refractivity (Wildman–Crippen MR) is 73.3 cm³/mol. The van der Waals surface area contributed by atoms with Crippen LogP contribution in [0, 0.1) is 6.92 Å². The third kappa shape index (κ3) is 2.61. The maximum absolute atomic E-state index is 6.00. The fourth-order valence-corrected chi connectivity index (χ4v) is 2.86. The Morgan fingerprint density at radius 2 is 2.37 bits per heavy atom. The smallest absolute Gasteiger partial charge is 0.216 e. The third-order valence-corrected chi connectivity index (χ3v) is 3.94. The molecule has 108 valence electrons. The SMILES string of the molecule is COc1c(C(CN)N(C)C2CCOC2)c(C)nn1C. The van der Waals surface area contributed by atoms with E-state index in [1.165, 1.54) is 0 Å². The Kier molecular flexibility index (Phi) is 4.44. The van der Waals surface area contributed by atoms with E-state index < -0.39 is 0 Å². The van der Waals surface area contributed by atoms with Crippen LogP contribution in [0.4, 0.5) is 0 Å². The van der Waals surface area contributed by atoms with Crippen molar-refractivity contribution in [1.82, 2.24) is 14.7 Å². The van der Waals surface area contributed by atoms with Gasteiger partial charge in [0.15, 0.2) is 0 Å². The molecule has 6 heteroatoms. The summed E-state index contributed by atoms with van der Waals surface area (Å²) in [5, 5.41) is 4.44. The molecule has 1 saturated heterocycles. The van der Waals surface area contributed by atoms with E-state index in [1.807, 2.05) is 14.0 Å². The van der Waals surface area contributed by atoms with Gasteiger partial charge in [0.2, 0.25) is 5.88 Å². The van der Waals surface area contributed by atoms with Crippen molar-refractivity contribution in [1.29, 1.82) is 0 Å². The number of hydrogen-bond donors (Lipinski definition) is 1. The van der Waals surface area contributed by atoms with Crippen LogP contribution in [-0.4, -0.2) is 54.6 Å². The number of ether oxygens (including phenoxy) is 2. The van der Waals surface area contributed by atoms with Gasteiger partial charge in [0.05, 0.1) is 31.0 Å². The van der Waals surface area contributed by atoms with Gasteiger partial charge in [-0.15, -0.1) is 0 Å². The van der Waals surface area contributed by atoms with Crippen molar-refractivity contribution < 1.29 is 9.47 Å². The monoisotopic (exact) mass is 268 g/mol. The molecule has 1 aromatic heterocycles. The highest BCUT2D eigenvalue weighted by Gasteiger charge is 2.31. The molecule has 0 aliphatic carbocycles. The van der Waals surface area contributed by atoms with Crippen molar-refractivity contribution in [2.75, 3.05) is 33.9 Å². The van der Waals surface area contributed by atoms with Crippen LogP contribution in [0.25, 0.3) is 0 Å². The Morgan fingerprint density at radius 3 is 2.89 bits per heavy atom. The van der Waals surface area contributed by atoms with Gasteiger partial charge in [0.25, 0.3) is 0 Å². The molecule has 1 fully saturated rings. The van der Waals surface area contributed by atoms with Crippen LogP contribution in [0.3, 0.4) is 0 Å². The van der Waals surface area contributed by atoms with Gasteiger partial charge in [-0.05, 0) is 20.4 Å². The van der Waals surface area contributed by atoms with Crippen LogP contribution in [0.15, 0.2) is 0 Å². The minimum atomic E-state index is 0.107. The van der Waals surface area contributed by atoms with E-state index in [1.54, 1.807) is 11.8 Å². The Morgan fingerprint density at radius 1 is 1.63 bits per heavy atom. The second-order valence-electron chi connectivity index (χ2n) is 5.07. The summed E-state index contributed by atoms with van der Waals surface area (Å²) in [6, 6.07) is 0.521. The van der Waals surface area contributed by atoms with E-state index >= 15 is 0 Å². The molecule has 2 heterocycles. The highest BCUT2D eigenvalue weighted by Crippen LogP contribution is 2.32. The predicted octanol–water partition coefficient (Wildman–Crippen LogP) is 0.458. The summed E-state index contributed by atoms with van der Waals surface area (Å²) in [7, 11) is 5.66. The number of rotatable bonds is 5. The lowest BCUT2D eigenvalue weighted by Gasteiger charge is -2.31. The van der Waals surface area contributed by atoms with Crippen LogP contribution in [-0.2, 0) is 11.8 Å². The first-order valence-electron chi connectivity index (χ1n) is 6.67. The lowest BCUT2D eigenvalue weighted by atomic mass is 10.0. The summed E-state index contributed by atoms with van der Waals surface area (Å²) in [4.78, 5) is 2.29. The van der Waals surface area contributed by atoms with E-state index in [2.05, 4.69) is 17.0 Å². The Labute approximate surface area is 114 Å². The summed E-state index contributed by atoms with van der Waals surface area (Å²) >= 11 is 0. The number of nitrogens with two attached hydrogens (primary N) is 1. The van der Waals surface area contributed by atoms with Gasteiger partial charge < -0.3 is 15.2 Å². The highest BCUT2D eigenvalue weighted by atomic mass is 16.5. The molecule has 0 amide bonds. The molecule has 2 atom stereocenters. The molecule has 19 heavy (non-hydrogen) atoms. The van der Waals surface area contributed by atoms with Crippen molar-refractivity contribution in [3.8, 4) is 5.88 Å². The average Bonchev–Trinajstić information content (AvgIpc) is 2.99. The third-order valence-electron chi connectivity index (χ3n) is 3.94. The number of methoxy groups -OCH3 is 1. The van der Waals surface area contributed by atoms with Crippen LogP contribution >= 0.6 is 0 Å². The van der Waals surface area contributed by atoms with Crippen molar-refractivity contribution in [2.24, 2.45) is 12.8 Å². The Balaban J connectivity index is 2.30. The van der Waals surface area contributed by atoms with Crippen molar-refractivity contribution in [2.45, 2.75) is 25.4 Å². The van der Waals surface area contributed by atoms with Gasteiger partial charge in [-0.3, -0.25) is 4.90 Å². The number of likely N-dealkylation sites (N-methyl/N-ethyl adjacent to an activating group) is 1. The second-order valence-corrected chi connectivity index (χ2v) is 5.07. The molecule has 1 aliphatic heterocycles. The summed E-state index contributed by atoms with van der Waals surface area (Å²) in [5.74, 6) is 0.790. The molecule has 2 unspecified atom stereocenters. The lowest BCUT2D eigenvalue weighted by molar-refractivity contribution is 0.133. The topological polar surface area (TPSA) is 65.5 Å². The molecule has 1 aliphatic rings. The summed E-state index contributed by atoms with van der Waals surface area (Å²) < 4.78 is 12.7. The molecule has 6 nitrogen and oxygen atoms in total. The largest absolute Gasteiger partial charge is 0.481 e. The van der Waals surface area contributed by atoms with Crippen molar-refractivity contribution in [3.63, 3.8) is 0 Å². The molecule has 0 saturated carbocycles. The van der Waals surface area contributed by atoms with E-state index in [9.17, 15) is 0 Å². The molecule has 1 aromatic rings. The number of nitrogens with zero attached hydrogens (tertiary/aromatic N) is 3. The molecule has 2 N–H and O–H groups in total. The minimum absolute atomic E-state index is 0.107. The second kappa shape index (κ2) is 5.90. The first kappa shape index (κ1) is 14.3. The first-order valence-corrected chi connectivity index (χ1v) is 6.67. The normalized spacial score (nSPS) is 21.1. The van der Waals surface area contributed by atoms with Gasteiger partial charge >= 0.3 is 0 Å². The zero-order valence-electron chi connectivity index (χ0n) is 12.2. The summed E-state index contributed by atoms with van der Waals surface area (Å²) in [6.45, 7) is 4.14. The van der Waals surface area contributed by atoms with E-state index in [4.69, 9.17) is 15.2 Å². The molecule has 2 rings (SSSR count). The lowest BCUT2D eigenvalue weighted by Crippen LogP contribution is -2.39. The summed E-state index contributed by atoms with van der Waals surface area (Å²) in [5.41, 5.74) is 8.06. The molecular formula is C13H24N4O2. The van der Waals surface area contributed by atoms with Gasteiger partial charge in [0.1, 0.15) is 0 Å².